The summed E-state index contributed by atoms with van der Waals surface area (Å²) in [7, 11) is 3.83. The second-order valence-electron chi connectivity index (χ2n) is 9.41. The van der Waals surface area contributed by atoms with Gasteiger partial charge in [0.1, 0.15) is 5.75 Å². The molecule has 3 aliphatic rings. The van der Waals surface area contributed by atoms with Gasteiger partial charge in [0.2, 0.25) is 5.91 Å². The molecule has 2 fully saturated rings. The van der Waals surface area contributed by atoms with Crippen LogP contribution in [0.4, 0.5) is 5.69 Å². The molecule has 0 saturated carbocycles. The number of amides is 1. The molecule has 2 aromatic carbocycles. The van der Waals surface area contributed by atoms with Gasteiger partial charge in [-0.15, -0.1) is 0 Å². The van der Waals surface area contributed by atoms with Crippen molar-refractivity contribution < 1.29 is 14.3 Å². The minimum atomic E-state index is -0.00611. The van der Waals surface area contributed by atoms with Crippen molar-refractivity contribution >= 4 is 11.6 Å². The van der Waals surface area contributed by atoms with Gasteiger partial charge in [-0.2, -0.15) is 0 Å². The van der Waals surface area contributed by atoms with E-state index in [2.05, 4.69) is 52.1 Å². The standard InChI is InChI=1S/C26H33N3O3/c1-27-11-13-28(14-12-27)18-25(30)29-19-26(9-15-32-16-10-26)23-17-21(5-8-24(23)29)20-3-6-22(31-2)7-4-20/h3-8,17H,9-16,18-19H2,1-2H3. The number of carbonyl (C=O) groups is 1. The van der Waals surface area contributed by atoms with Gasteiger partial charge in [0.25, 0.3) is 0 Å². The number of fused-ring (bicyclic) bond motifs is 2. The zero-order valence-electron chi connectivity index (χ0n) is 19.2. The molecule has 0 N–H and O–H groups in total. The first-order valence-corrected chi connectivity index (χ1v) is 11.7. The fourth-order valence-electron chi connectivity index (χ4n) is 5.33. The second kappa shape index (κ2) is 8.85. The van der Waals surface area contributed by atoms with Gasteiger partial charge >= 0.3 is 0 Å². The summed E-state index contributed by atoms with van der Waals surface area (Å²) < 4.78 is 11.0. The molecule has 170 valence electrons. The summed E-state index contributed by atoms with van der Waals surface area (Å²) >= 11 is 0. The molecule has 2 aromatic rings. The van der Waals surface area contributed by atoms with Crippen LogP contribution in [0.25, 0.3) is 11.1 Å². The van der Waals surface area contributed by atoms with E-state index in [9.17, 15) is 4.79 Å². The highest BCUT2D eigenvalue weighted by Gasteiger charge is 2.45. The number of rotatable bonds is 4. The number of likely N-dealkylation sites (N-methyl/N-ethyl adjacent to an activating group) is 1. The van der Waals surface area contributed by atoms with Crippen LogP contribution in [0.1, 0.15) is 18.4 Å². The number of ether oxygens (including phenoxy) is 2. The van der Waals surface area contributed by atoms with E-state index < -0.39 is 0 Å². The summed E-state index contributed by atoms with van der Waals surface area (Å²) in [6.07, 6.45) is 1.93. The highest BCUT2D eigenvalue weighted by atomic mass is 16.5. The third-order valence-electron chi connectivity index (χ3n) is 7.45. The number of methoxy groups -OCH3 is 1. The Hall–Kier alpha value is -2.41. The maximum atomic E-state index is 13.4. The van der Waals surface area contributed by atoms with Crippen LogP contribution in [0.3, 0.4) is 0 Å². The van der Waals surface area contributed by atoms with Crippen molar-refractivity contribution in [3.8, 4) is 16.9 Å². The van der Waals surface area contributed by atoms with Gasteiger partial charge in [-0.1, -0.05) is 18.2 Å². The summed E-state index contributed by atoms with van der Waals surface area (Å²) in [6, 6.07) is 14.8. The van der Waals surface area contributed by atoms with Crippen LogP contribution in [0, 0.1) is 0 Å². The molecule has 0 bridgehead atoms. The van der Waals surface area contributed by atoms with Gasteiger partial charge in [-0.3, -0.25) is 9.69 Å². The Bertz CT molecular complexity index is 961. The first-order valence-electron chi connectivity index (χ1n) is 11.7. The molecular formula is C26H33N3O3. The number of piperazine rings is 1. The van der Waals surface area contributed by atoms with Crippen LogP contribution in [0.2, 0.25) is 0 Å². The lowest BCUT2D eigenvalue weighted by Gasteiger charge is -2.35. The van der Waals surface area contributed by atoms with Crippen LogP contribution in [-0.4, -0.2) is 82.3 Å². The zero-order chi connectivity index (χ0) is 22.1. The summed E-state index contributed by atoms with van der Waals surface area (Å²) in [5, 5.41) is 0. The van der Waals surface area contributed by atoms with Crippen LogP contribution in [0.15, 0.2) is 42.5 Å². The van der Waals surface area contributed by atoms with Crippen molar-refractivity contribution in [1.82, 2.24) is 9.80 Å². The van der Waals surface area contributed by atoms with Gasteiger partial charge in [0.15, 0.2) is 0 Å². The van der Waals surface area contributed by atoms with Crippen molar-refractivity contribution in [2.75, 3.05) is 71.5 Å². The van der Waals surface area contributed by atoms with E-state index in [1.165, 1.54) is 11.1 Å². The Morgan fingerprint density at radius 3 is 2.38 bits per heavy atom. The minimum Gasteiger partial charge on any atom is -0.497 e. The van der Waals surface area contributed by atoms with Crippen molar-refractivity contribution in [2.45, 2.75) is 18.3 Å². The largest absolute Gasteiger partial charge is 0.497 e. The lowest BCUT2D eigenvalue weighted by Crippen LogP contribution is -2.49. The maximum Gasteiger partial charge on any atom is 0.241 e. The third kappa shape index (κ3) is 4.03. The van der Waals surface area contributed by atoms with Crippen molar-refractivity contribution in [3.63, 3.8) is 0 Å². The molecule has 0 unspecified atom stereocenters. The number of nitrogens with zero attached hydrogens (tertiary/aromatic N) is 3. The molecule has 0 atom stereocenters. The van der Waals surface area contributed by atoms with Crippen molar-refractivity contribution in [1.29, 1.82) is 0 Å². The highest BCUT2D eigenvalue weighted by Crippen LogP contribution is 2.48. The van der Waals surface area contributed by atoms with Crippen LogP contribution < -0.4 is 9.64 Å². The van der Waals surface area contributed by atoms with E-state index >= 15 is 0 Å². The van der Waals surface area contributed by atoms with E-state index in [4.69, 9.17) is 9.47 Å². The highest BCUT2D eigenvalue weighted by molar-refractivity contribution is 5.98. The molecule has 2 saturated heterocycles. The van der Waals surface area contributed by atoms with E-state index in [1.54, 1.807) is 7.11 Å². The Labute approximate surface area is 190 Å². The second-order valence-corrected chi connectivity index (χ2v) is 9.41. The molecule has 0 aliphatic carbocycles. The lowest BCUT2D eigenvalue weighted by atomic mass is 9.75. The summed E-state index contributed by atoms with van der Waals surface area (Å²) in [5.41, 5.74) is 4.74. The maximum absolute atomic E-state index is 13.4. The quantitative estimate of drug-likeness (QED) is 0.739. The van der Waals surface area contributed by atoms with E-state index in [0.717, 1.165) is 75.8 Å². The summed E-state index contributed by atoms with van der Waals surface area (Å²) in [4.78, 5) is 20.1. The molecule has 0 aromatic heterocycles. The number of hydrogen-bond donors (Lipinski definition) is 0. The Kier molecular flexibility index (Phi) is 5.93. The average Bonchev–Trinajstić information content (AvgIpc) is 3.14. The number of carbonyl (C=O) groups excluding carboxylic acids is 1. The Morgan fingerprint density at radius 1 is 1.00 bits per heavy atom. The van der Waals surface area contributed by atoms with Crippen LogP contribution in [-0.2, 0) is 14.9 Å². The smallest absolute Gasteiger partial charge is 0.241 e. The van der Waals surface area contributed by atoms with Crippen molar-refractivity contribution in [3.05, 3.63) is 48.0 Å². The fourth-order valence-corrected chi connectivity index (χ4v) is 5.33. The SMILES string of the molecule is COc1ccc(-c2ccc3c(c2)C2(CCOCC2)CN3C(=O)CN2CCN(C)CC2)cc1. The predicted molar refractivity (Wildman–Crippen MR) is 126 cm³/mol. The molecule has 5 rings (SSSR count). The van der Waals surface area contributed by atoms with Crippen LogP contribution >= 0.6 is 0 Å². The molecule has 6 heteroatoms. The van der Waals surface area contributed by atoms with E-state index in [1.807, 2.05) is 12.1 Å². The number of anilines is 1. The monoisotopic (exact) mass is 435 g/mol. The van der Waals surface area contributed by atoms with E-state index in [0.29, 0.717) is 6.54 Å². The van der Waals surface area contributed by atoms with Crippen LogP contribution in [0.5, 0.6) is 5.75 Å². The average molecular weight is 436 g/mol. The molecule has 3 aliphatic heterocycles. The molecular weight excluding hydrogens is 402 g/mol. The fraction of sp³-hybridized carbons (Fsp3) is 0.500. The molecule has 6 nitrogen and oxygen atoms in total. The molecule has 3 heterocycles. The van der Waals surface area contributed by atoms with Crippen molar-refractivity contribution in [2.24, 2.45) is 0 Å². The lowest BCUT2D eigenvalue weighted by molar-refractivity contribution is -0.120. The van der Waals surface area contributed by atoms with Gasteiger partial charge in [-0.25, -0.2) is 0 Å². The Morgan fingerprint density at radius 2 is 1.69 bits per heavy atom. The molecule has 0 radical (unpaired) electrons. The zero-order valence-corrected chi connectivity index (χ0v) is 19.2. The van der Waals surface area contributed by atoms with Gasteiger partial charge < -0.3 is 19.3 Å². The van der Waals surface area contributed by atoms with Gasteiger partial charge in [0, 0.05) is 57.0 Å². The number of hydrogen-bond acceptors (Lipinski definition) is 5. The molecule has 1 amide bonds. The topological polar surface area (TPSA) is 45.3 Å². The van der Waals surface area contributed by atoms with Gasteiger partial charge in [-0.05, 0) is 60.8 Å². The Balaban J connectivity index is 1.44. The third-order valence-corrected chi connectivity index (χ3v) is 7.45. The minimum absolute atomic E-state index is 0.00611. The first kappa shape index (κ1) is 21.4. The summed E-state index contributed by atoms with van der Waals surface area (Å²) in [6.45, 7) is 6.74. The summed E-state index contributed by atoms with van der Waals surface area (Å²) in [5.74, 6) is 1.08. The predicted octanol–water partition coefficient (Wildman–Crippen LogP) is 3.00. The van der Waals surface area contributed by atoms with E-state index in [-0.39, 0.29) is 11.3 Å². The molecule has 32 heavy (non-hydrogen) atoms. The normalized spacial score (nSPS) is 21.0. The molecule has 1 spiro atoms. The first-order chi connectivity index (χ1) is 15.6. The number of benzene rings is 2. The van der Waals surface area contributed by atoms with Gasteiger partial charge in [0.05, 0.1) is 13.7 Å².